The number of halogens is 3. The predicted molar refractivity (Wildman–Crippen MR) is 115 cm³/mol. The normalized spacial score (nSPS) is 11.9. The molecule has 0 radical (unpaired) electrons. The third-order valence-corrected chi connectivity index (χ3v) is 4.95. The molecule has 0 saturated carbocycles. The quantitative estimate of drug-likeness (QED) is 0.320. The van der Waals surface area contributed by atoms with Gasteiger partial charge >= 0.3 is 5.02 Å². The lowest BCUT2D eigenvalue weighted by atomic mass is 9.79. The molecule has 3 rings (SSSR count). The summed E-state index contributed by atoms with van der Waals surface area (Å²) in [6.45, 7) is 4.29. The minimum absolute atomic E-state index is 0.119. The fourth-order valence-electron chi connectivity index (χ4n) is 3.10. The Labute approximate surface area is 178 Å². The molecule has 3 aromatic rings. The van der Waals surface area contributed by atoms with Crippen molar-refractivity contribution in [2.75, 3.05) is 0 Å². The van der Waals surface area contributed by atoms with Crippen LogP contribution in [0.5, 0.6) is 17.2 Å². The first-order chi connectivity index (χ1) is 13.7. The number of ether oxygens (including phenoxy) is 2. The Hall–Kier alpha value is -2.40. The summed E-state index contributed by atoms with van der Waals surface area (Å²) in [4.78, 5) is 0. The van der Waals surface area contributed by atoms with E-state index in [9.17, 15) is 8.78 Å². The minimum Gasteiger partial charge on any atom is -0.457 e. The Bertz CT molecular complexity index is 920. The van der Waals surface area contributed by atoms with Crippen molar-refractivity contribution in [1.82, 2.24) is 0 Å². The van der Waals surface area contributed by atoms with Gasteiger partial charge in [-0.15, -0.1) is 0 Å². The molecule has 0 aromatic heterocycles. The number of alkyl halides is 3. The first-order valence-corrected chi connectivity index (χ1v) is 10.2. The van der Waals surface area contributed by atoms with Crippen LogP contribution in [0.3, 0.4) is 0 Å². The predicted octanol–water partition coefficient (Wildman–Crippen LogP) is 7.71. The van der Waals surface area contributed by atoms with E-state index >= 15 is 0 Å². The van der Waals surface area contributed by atoms with Crippen molar-refractivity contribution in [2.24, 2.45) is 0 Å². The van der Waals surface area contributed by atoms with Crippen molar-refractivity contribution >= 4 is 15.9 Å². The van der Waals surface area contributed by atoms with Gasteiger partial charge in [-0.25, -0.2) is 0 Å². The second-order valence-electron chi connectivity index (χ2n) is 7.52. The van der Waals surface area contributed by atoms with E-state index in [0.29, 0.717) is 0 Å². The lowest BCUT2D eigenvalue weighted by Gasteiger charge is -2.26. The van der Waals surface area contributed by atoms with Gasteiger partial charge in [-0.1, -0.05) is 56.3 Å². The zero-order chi connectivity index (χ0) is 20.9. The van der Waals surface area contributed by atoms with E-state index in [1.165, 1.54) is 5.56 Å². The largest absolute Gasteiger partial charge is 0.459 e. The lowest BCUT2D eigenvalue weighted by Crippen LogP contribution is -2.19. The van der Waals surface area contributed by atoms with Gasteiger partial charge in [-0.3, -0.25) is 0 Å². The van der Waals surface area contributed by atoms with Gasteiger partial charge < -0.3 is 9.47 Å². The number of benzene rings is 3. The van der Waals surface area contributed by atoms with Crippen LogP contribution >= 0.6 is 15.9 Å². The standard InChI is InChI=1S/C24H23BrF2O2/c1-23(2,19-11-13-21(14-12-19)29-24(25,26)27)16-15-18-7-6-10-22(17-18)28-20-8-4-3-5-9-20/h3-14,17H,15-16H2,1-2H3. The van der Waals surface area contributed by atoms with Crippen molar-refractivity contribution in [1.29, 1.82) is 0 Å². The van der Waals surface area contributed by atoms with Gasteiger partial charge in [0.15, 0.2) is 0 Å². The Morgan fingerprint density at radius 1 is 0.793 bits per heavy atom. The van der Waals surface area contributed by atoms with Crippen LogP contribution in [0.2, 0.25) is 0 Å². The van der Waals surface area contributed by atoms with E-state index in [1.807, 2.05) is 54.6 Å². The number of para-hydroxylation sites is 1. The summed E-state index contributed by atoms with van der Waals surface area (Å²) in [6.07, 6.45) is 1.77. The van der Waals surface area contributed by atoms with Crippen molar-refractivity contribution in [3.63, 3.8) is 0 Å². The van der Waals surface area contributed by atoms with Crippen LogP contribution in [-0.4, -0.2) is 5.02 Å². The van der Waals surface area contributed by atoms with Gasteiger partial charge in [0.05, 0.1) is 0 Å². The molecule has 152 valence electrons. The summed E-state index contributed by atoms with van der Waals surface area (Å²) in [5.74, 6) is 1.74. The average Bonchev–Trinajstić information content (AvgIpc) is 2.67. The first kappa shape index (κ1) is 21.3. The van der Waals surface area contributed by atoms with Crippen LogP contribution in [0.4, 0.5) is 8.78 Å². The van der Waals surface area contributed by atoms with Crippen LogP contribution in [0.25, 0.3) is 0 Å². The zero-order valence-electron chi connectivity index (χ0n) is 16.4. The molecule has 0 N–H and O–H groups in total. The second-order valence-corrected chi connectivity index (χ2v) is 8.44. The fraction of sp³-hybridized carbons (Fsp3) is 0.250. The molecule has 2 nitrogen and oxygen atoms in total. The highest BCUT2D eigenvalue weighted by atomic mass is 79.9. The zero-order valence-corrected chi connectivity index (χ0v) is 18.0. The van der Waals surface area contributed by atoms with Crippen LogP contribution < -0.4 is 9.47 Å². The molecule has 0 amide bonds. The van der Waals surface area contributed by atoms with Crippen LogP contribution in [0, 0.1) is 0 Å². The highest BCUT2D eigenvalue weighted by Gasteiger charge is 2.27. The molecule has 0 aliphatic heterocycles. The van der Waals surface area contributed by atoms with Gasteiger partial charge in [-0.2, -0.15) is 8.78 Å². The Morgan fingerprint density at radius 2 is 1.45 bits per heavy atom. The first-order valence-electron chi connectivity index (χ1n) is 9.39. The molecule has 29 heavy (non-hydrogen) atoms. The molecule has 0 unspecified atom stereocenters. The molecular formula is C24H23BrF2O2. The maximum Gasteiger partial charge on any atom is 0.459 e. The van der Waals surface area contributed by atoms with Crippen molar-refractivity contribution in [2.45, 2.75) is 37.1 Å². The molecule has 0 saturated heterocycles. The van der Waals surface area contributed by atoms with E-state index in [0.717, 1.165) is 29.9 Å². The van der Waals surface area contributed by atoms with Crippen LogP contribution in [-0.2, 0) is 11.8 Å². The maximum absolute atomic E-state index is 12.9. The number of hydrogen-bond donors (Lipinski definition) is 0. The molecule has 0 heterocycles. The van der Waals surface area contributed by atoms with Crippen LogP contribution in [0.15, 0.2) is 78.9 Å². The highest BCUT2D eigenvalue weighted by Crippen LogP contribution is 2.33. The monoisotopic (exact) mass is 460 g/mol. The van der Waals surface area contributed by atoms with Gasteiger partial charge in [0.25, 0.3) is 0 Å². The number of aryl methyl sites for hydroxylation is 1. The molecule has 3 aromatic carbocycles. The van der Waals surface area contributed by atoms with Gasteiger partial charge in [-0.05, 0) is 65.8 Å². The van der Waals surface area contributed by atoms with Gasteiger partial charge in [0.2, 0.25) is 0 Å². The molecular weight excluding hydrogens is 438 g/mol. The topological polar surface area (TPSA) is 18.5 Å². The number of rotatable bonds is 8. The second kappa shape index (κ2) is 8.95. The highest BCUT2D eigenvalue weighted by molar-refractivity contribution is 9.09. The summed E-state index contributed by atoms with van der Waals surface area (Å²) in [5, 5.41) is -3.36. The number of hydrogen-bond acceptors (Lipinski definition) is 2. The Balaban J connectivity index is 1.63. The summed E-state index contributed by atoms with van der Waals surface area (Å²) in [6, 6.07) is 24.6. The molecule has 0 fully saturated rings. The smallest absolute Gasteiger partial charge is 0.457 e. The fourth-order valence-corrected chi connectivity index (χ4v) is 3.28. The van der Waals surface area contributed by atoms with E-state index in [2.05, 4.69) is 46.6 Å². The van der Waals surface area contributed by atoms with E-state index in [4.69, 9.17) is 4.74 Å². The third-order valence-electron chi connectivity index (χ3n) is 4.79. The molecule has 0 spiro atoms. The van der Waals surface area contributed by atoms with Crippen molar-refractivity contribution in [3.8, 4) is 17.2 Å². The summed E-state index contributed by atoms with van der Waals surface area (Å²) in [7, 11) is 0. The minimum atomic E-state index is -3.36. The van der Waals surface area contributed by atoms with E-state index < -0.39 is 5.02 Å². The van der Waals surface area contributed by atoms with Gasteiger partial charge in [0, 0.05) is 15.9 Å². The molecule has 0 aliphatic carbocycles. The third kappa shape index (κ3) is 6.57. The van der Waals surface area contributed by atoms with E-state index in [-0.39, 0.29) is 11.2 Å². The average molecular weight is 461 g/mol. The summed E-state index contributed by atoms with van der Waals surface area (Å²) in [5.41, 5.74) is 2.14. The van der Waals surface area contributed by atoms with Crippen LogP contribution in [0.1, 0.15) is 31.4 Å². The summed E-state index contributed by atoms with van der Waals surface area (Å²) < 4.78 is 36.3. The Morgan fingerprint density at radius 3 is 2.10 bits per heavy atom. The van der Waals surface area contributed by atoms with E-state index in [1.54, 1.807) is 12.1 Å². The van der Waals surface area contributed by atoms with Crippen molar-refractivity contribution < 1.29 is 18.3 Å². The van der Waals surface area contributed by atoms with Crippen molar-refractivity contribution in [3.05, 3.63) is 90.0 Å². The molecule has 0 aliphatic rings. The SMILES string of the molecule is CC(C)(CCc1cccc(Oc2ccccc2)c1)c1ccc(OC(F)(F)Br)cc1. The molecule has 5 heteroatoms. The Kier molecular flexibility index (Phi) is 6.58. The molecule has 0 atom stereocenters. The lowest BCUT2D eigenvalue weighted by molar-refractivity contribution is -0.0803. The molecule has 0 bridgehead atoms. The van der Waals surface area contributed by atoms with Gasteiger partial charge in [0.1, 0.15) is 17.2 Å². The maximum atomic E-state index is 12.9. The summed E-state index contributed by atoms with van der Waals surface area (Å²) >= 11 is 2.18.